The summed E-state index contributed by atoms with van der Waals surface area (Å²) in [6.45, 7) is 3.12. The predicted octanol–water partition coefficient (Wildman–Crippen LogP) is 5.01. The van der Waals surface area contributed by atoms with Crippen molar-refractivity contribution in [3.8, 4) is 17.0 Å². The average molecular weight is 399 g/mol. The smallest absolute Gasteiger partial charge is 0.119 e. The summed E-state index contributed by atoms with van der Waals surface area (Å²) in [5.41, 5.74) is 5.58. The molecule has 30 heavy (non-hydrogen) atoms. The monoisotopic (exact) mass is 398 g/mol. The molecule has 0 aliphatic carbocycles. The van der Waals surface area contributed by atoms with Gasteiger partial charge in [0, 0.05) is 42.5 Å². The Balaban J connectivity index is 1.33. The topological polar surface area (TPSA) is 54.0 Å². The molecular weight excluding hydrogens is 372 g/mol. The molecule has 1 fully saturated rings. The zero-order chi connectivity index (χ0) is 20.3. The van der Waals surface area contributed by atoms with Gasteiger partial charge in [-0.15, -0.1) is 0 Å². The van der Waals surface area contributed by atoms with Crippen LogP contribution in [0.25, 0.3) is 22.2 Å². The fraction of sp³-hybridized carbons (Fsp3) is 0.280. The number of fused-ring (bicyclic) bond motifs is 1. The molecule has 5 heteroatoms. The number of aromatic amines is 1. The Morgan fingerprint density at radius 3 is 3.03 bits per heavy atom. The highest BCUT2D eigenvalue weighted by molar-refractivity contribution is 5.79. The van der Waals surface area contributed by atoms with Crippen molar-refractivity contribution in [2.24, 2.45) is 0 Å². The minimum atomic E-state index is 0.410. The average Bonchev–Trinajstić information content (AvgIpc) is 3.27. The number of hydrogen-bond acceptors (Lipinski definition) is 4. The summed E-state index contributed by atoms with van der Waals surface area (Å²) >= 11 is 0. The van der Waals surface area contributed by atoms with E-state index in [2.05, 4.69) is 45.2 Å². The first kappa shape index (κ1) is 18.8. The number of hydrogen-bond donors (Lipinski definition) is 1. The molecule has 0 spiro atoms. The van der Waals surface area contributed by atoms with Crippen LogP contribution in [0.15, 0.2) is 67.1 Å². The number of methoxy groups -OCH3 is 1. The Bertz CT molecular complexity index is 1150. The van der Waals surface area contributed by atoms with Crippen molar-refractivity contribution in [1.82, 2.24) is 19.9 Å². The molecule has 4 aromatic rings. The molecule has 2 aromatic heterocycles. The van der Waals surface area contributed by atoms with Gasteiger partial charge in [-0.05, 0) is 60.7 Å². The van der Waals surface area contributed by atoms with Crippen LogP contribution < -0.4 is 4.74 Å². The van der Waals surface area contributed by atoms with Crippen molar-refractivity contribution in [1.29, 1.82) is 0 Å². The molecule has 1 saturated heterocycles. The zero-order valence-corrected chi connectivity index (χ0v) is 17.2. The molecule has 1 aliphatic heterocycles. The van der Waals surface area contributed by atoms with E-state index in [0.29, 0.717) is 5.92 Å². The van der Waals surface area contributed by atoms with Crippen molar-refractivity contribution in [3.63, 3.8) is 0 Å². The molecule has 0 amide bonds. The van der Waals surface area contributed by atoms with Gasteiger partial charge in [0.25, 0.3) is 0 Å². The number of H-pyrrole nitrogens is 1. The Labute approximate surface area is 176 Å². The van der Waals surface area contributed by atoms with E-state index >= 15 is 0 Å². The van der Waals surface area contributed by atoms with Crippen LogP contribution >= 0.6 is 0 Å². The van der Waals surface area contributed by atoms with Crippen LogP contribution in [0.5, 0.6) is 5.75 Å². The van der Waals surface area contributed by atoms with Crippen LogP contribution in [0, 0.1) is 0 Å². The third kappa shape index (κ3) is 3.94. The fourth-order valence-electron chi connectivity index (χ4n) is 4.40. The highest BCUT2D eigenvalue weighted by Crippen LogP contribution is 2.29. The van der Waals surface area contributed by atoms with Crippen molar-refractivity contribution < 1.29 is 4.74 Å². The first-order valence-corrected chi connectivity index (χ1v) is 10.5. The molecule has 1 atom stereocenters. The Hall–Kier alpha value is -3.18. The van der Waals surface area contributed by atoms with E-state index in [-0.39, 0.29) is 0 Å². The zero-order valence-electron chi connectivity index (χ0n) is 17.2. The first-order valence-electron chi connectivity index (χ1n) is 10.5. The number of nitrogens with zero attached hydrogens (tertiary/aromatic N) is 3. The lowest BCUT2D eigenvalue weighted by Gasteiger charge is -2.32. The Kier molecular flexibility index (Phi) is 5.20. The normalized spacial score (nSPS) is 17.3. The van der Waals surface area contributed by atoms with E-state index in [9.17, 15) is 0 Å². The highest BCUT2D eigenvalue weighted by Gasteiger charge is 2.23. The van der Waals surface area contributed by atoms with Gasteiger partial charge < -0.3 is 9.72 Å². The van der Waals surface area contributed by atoms with Crippen LogP contribution in [0.1, 0.15) is 30.0 Å². The van der Waals surface area contributed by atoms with E-state index < -0.39 is 0 Å². The second-order valence-electron chi connectivity index (χ2n) is 8.03. The van der Waals surface area contributed by atoms with Crippen LogP contribution in [-0.4, -0.2) is 40.1 Å². The van der Waals surface area contributed by atoms with E-state index in [1.165, 1.54) is 22.9 Å². The molecule has 1 aliphatic rings. The lowest BCUT2D eigenvalue weighted by atomic mass is 9.94. The highest BCUT2D eigenvalue weighted by atomic mass is 16.5. The Morgan fingerprint density at radius 1 is 1.13 bits per heavy atom. The molecule has 2 aromatic carbocycles. The van der Waals surface area contributed by atoms with Gasteiger partial charge >= 0.3 is 0 Å². The van der Waals surface area contributed by atoms with Crippen LogP contribution in [-0.2, 0) is 6.54 Å². The van der Waals surface area contributed by atoms with Gasteiger partial charge in [-0.25, -0.2) is 4.98 Å². The van der Waals surface area contributed by atoms with Gasteiger partial charge in [0.15, 0.2) is 0 Å². The van der Waals surface area contributed by atoms with Crippen molar-refractivity contribution >= 4 is 10.9 Å². The van der Waals surface area contributed by atoms with E-state index in [1.54, 1.807) is 7.11 Å². The third-order valence-corrected chi connectivity index (χ3v) is 5.97. The van der Waals surface area contributed by atoms with Gasteiger partial charge in [0.05, 0.1) is 24.7 Å². The van der Waals surface area contributed by atoms with E-state index in [0.717, 1.165) is 48.8 Å². The lowest BCUT2D eigenvalue weighted by Crippen LogP contribution is -2.34. The predicted molar refractivity (Wildman–Crippen MR) is 120 cm³/mol. The molecular formula is C25H26N4O. The summed E-state index contributed by atoms with van der Waals surface area (Å²) in [6, 6.07) is 16.8. The summed E-state index contributed by atoms with van der Waals surface area (Å²) in [6.07, 6.45) is 8.11. The molecule has 1 unspecified atom stereocenters. The summed E-state index contributed by atoms with van der Waals surface area (Å²) in [5.74, 6) is 1.25. The van der Waals surface area contributed by atoms with Crippen molar-refractivity contribution in [3.05, 3.63) is 78.4 Å². The van der Waals surface area contributed by atoms with Crippen molar-refractivity contribution in [2.45, 2.75) is 25.3 Å². The van der Waals surface area contributed by atoms with Gasteiger partial charge in [-0.2, -0.15) is 0 Å². The van der Waals surface area contributed by atoms with Crippen LogP contribution in [0.3, 0.4) is 0 Å². The minimum Gasteiger partial charge on any atom is -0.497 e. The van der Waals surface area contributed by atoms with Crippen molar-refractivity contribution in [2.75, 3.05) is 20.2 Å². The number of likely N-dealkylation sites (tertiary alicyclic amines) is 1. The SMILES string of the molecule is COc1cccc(-c2cncc(C3CCCN(Cc4ccc5[nH]ccc5c4)C3)n2)c1. The summed E-state index contributed by atoms with van der Waals surface area (Å²) in [5, 5.41) is 1.28. The number of aromatic nitrogens is 3. The molecule has 5 rings (SSSR count). The molecule has 0 bridgehead atoms. The quantitative estimate of drug-likeness (QED) is 0.513. The van der Waals surface area contributed by atoms with E-state index in [4.69, 9.17) is 9.72 Å². The number of piperidine rings is 1. The number of ether oxygens (including phenoxy) is 1. The molecule has 1 N–H and O–H groups in total. The fourth-order valence-corrected chi connectivity index (χ4v) is 4.40. The maximum atomic E-state index is 5.36. The largest absolute Gasteiger partial charge is 0.497 e. The lowest BCUT2D eigenvalue weighted by molar-refractivity contribution is 0.198. The molecule has 0 radical (unpaired) electrons. The summed E-state index contributed by atoms with van der Waals surface area (Å²) < 4.78 is 5.36. The Morgan fingerprint density at radius 2 is 2.10 bits per heavy atom. The second-order valence-corrected chi connectivity index (χ2v) is 8.03. The van der Waals surface area contributed by atoms with Crippen LogP contribution in [0.2, 0.25) is 0 Å². The summed E-state index contributed by atoms with van der Waals surface area (Å²) in [4.78, 5) is 15.3. The third-order valence-electron chi connectivity index (χ3n) is 5.97. The molecule has 152 valence electrons. The number of rotatable bonds is 5. The van der Waals surface area contributed by atoms with Gasteiger partial charge in [-0.1, -0.05) is 18.2 Å². The first-order chi connectivity index (χ1) is 14.8. The minimum absolute atomic E-state index is 0.410. The van der Waals surface area contributed by atoms with E-state index in [1.807, 2.05) is 36.8 Å². The molecule has 5 nitrogen and oxygen atoms in total. The number of benzene rings is 2. The maximum Gasteiger partial charge on any atom is 0.119 e. The van der Waals surface area contributed by atoms with Crippen LogP contribution in [0.4, 0.5) is 0 Å². The maximum absolute atomic E-state index is 5.36. The standard InChI is InChI=1S/C25H26N4O/c1-30-22-6-2-4-19(13-22)24-14-26-15-25(28-24)21-5-3-11-29(17-21)16-18-7-8-23-20(12-18)9-10-27-23/h2,4,6-10,12-15,21,27H,3,5,11,16-17H2,1H3. The second kappa shape index (κ2) is 8.28. The number of nitrogens with one attached hydrogen (secondary N) is 1. The molecule has 0 saturated carbocycles. The summed E-state index contributed by atoms with van der Waals surface area (Å²) in [7, 11) is 1.69. The van der Waals surface area contributed by atoms with Gasteiger partial charge in [-0.3, -0.25) is 9.88 Å². The molecule has 3 heterocycles. The van der Waals surface area contributed by atoms with Gasteiger partial charge in [0.1, 0.15) is 5.75 Å². The van der Waals surface area contributed by atoms with Gasteiger partial charge in [0.2, 0.25) is 0 Å².